The van der Waals surface area contributed by atoms with Crippen molar-refractivity contribution in [2.45, 2.75) is 17.6 Å². The fourth-order valence-electron chi connectivity index (χ4n) is 3.17. The predicted molar refractivity (Wildman–Crippen MR) is 111 cm³/mol. The highest BCUT2D eigenvalue weighted by Gasteiger charge is 2.22. The number of thioether (sulfide) groups is 1. The van der Waals surface area contributed by atoms with Crippen molar-refractivity contribution >= 4 is 22.7 Å². The van der Waals surface area contributed by atoms with Crippen molar-refractivity contribution in [3.05, 3.63) is 78.5 Å². The van der Waals surface area contributed by atoms with Gasteiger partial charge in [0.1, 0.15) is 17.0 Å². The van der Waals surface area contributed by atoms with Gasteiger partial charge in [0.15, 0.2) is 0 Å². The van der Waals surface area contributed by atoms with Crippen LogP contribution in [0.2, 0.25) is 0 Å². The van der Waals surface area contributed by atoms with Gasteiger partial charge in [-0.15, -0.1) is 22.0 Å². The Balaban J connectivity index is 1.42. The van der Waals surface area contributed by atoms with E-state index in [1.807, 2.05) is 67.7 Å². The fourth-order valence-corrected chi connectivity index (χ4v) is 4.05. The summed E-state index contributed by atoms with van der Waals surface area (Å²) in [5.41, 5.74) is 3.34. The van der Waals surface area contributed by atoms with E-state index in [9.17, 15) is 0 Å². The SMILES string of the molecule is Cc1onc(-c2ccccc2)c1-c1nnc(CSc2ccnc3ccccc23)o1. The number of hydrogen-bond donors (Lipinski definition) is 0. The maximum Gasteiger partial charge on any atom is 0.253 e. The van der Waals surface area contributed by atoms with Gasteiger partial charge in [0.2, 0.25) is 5.89 Å². The lowest BCUT2D eigenvalue weighted by Crippen LogP contribution is -1.84. The van der Waals surface area contributed by atoms with E-state index in [2.05, 4.69) is 26.4 Å². The first kappa shape index (κ1) is 17.6. The molecule has 0 atom stereocenters. The van der Waals surface area contributed by atoms with Crippen molar-refractivity contribution in [3.63, 3.8) is 0 Å². The molecule has 5 aromatic rings. The van der Waals surface area contributed by atoms with Crippen molar-refractivity contribution in [2.75, 3.05) is 0 Å². The molecule has 5 rings (SSSR count). The summed E-state index contributed by atoms with van der Waals surface area (Å²) < 4.78 is 11.3. The van der Waals surface area contributed by atoms with Gasteiger partial charge in [-0.25, -0.2) is 0 Å². The molecule has 0 fully saturated rings. The summed E-state index contributed by atoms with van der Waals surface area (Å²) in [5.74, 6) is 2.17. The second-order valence-electron chi connectivity index (χ2n) is 6.44. The molecule has 0 radical (unpaired) electrons. The van der Waals surface area contributed by atoms with Gasteiger partial charge in [-0.05, 0) is 19.1 Å². The highest BCUT2D eigenvalue weighted by Crippen LogP contribution is 2.34. The second-order valence-corrected chi connectivity index (χ2v) is 7.46. The van der Waals surface area contributed by atoms with E-state index in [-0.39, 0.29) is 0 Å². The summed E-state index contributed by atoms with van der Waals surface area (Å²) in [6, 6.07) is 19.9. The van der Waals surface area contributed by atoms with Crippen molar-refractivity contribution in [3.8, 4) is 22.7 Å². The minimum absolute atomic E-state index is 0.415. The number of hydrogen-bond acceptors (Lipinski definition) is 7. The van der Waals surface area contributed by atoms with Crippen LogP contribution in [0.4, 0.5) is 0 Å². The molecule has 0 aliphatic carbocycles. The number of nitrogens with zero attached hydrogens (tertiary/aromatic N) is 4. The van der Waals surface area contributed by atoms with Crippen LogP contribution in [-0.4, -0.2) is 20.3 Å². The minimum atomic E-state index is 0.415. The highest BCUT2D eigenvalue weighted by molar-refractivity contribution is 7.98. The van der Waals surface area contributed by atoms with Crippen LogP contribution in [0.1, 0.15) is 11.7 Å². The lowest BCUT2D eigenvalue weighted by atomic mass is 10.1. The van der Waals surface area contributed by atoms with Crippen molar-refractivity contribution in [2.24, 2.45) is 0 Å². The molecular formula is C22H16N4O2S. The molecule has 0 aliphatic rings. The Hall–Kier alpha value is -3.45. The number of benzene rings is 2. The third-order valence-corrected chi connectivity index (χ3v) is 5.61. The maximum atomic E-state index is 5.95. The largest absolute Gasteiger partial charge is 0.420 e. The first-order valence-corrected chi connectivity index (χ1v) is 10.1. The Morgan fingerprint density at radius 3 is 2.66 bits per heavy atom. The van der Waals surface area contributed by atoms with Crippen molar-refractivity contribution in [1.82, 2.24) is 20.3 Å². The molecule has 7 heteroatoms. The molecule has 3 aromatic heterocycles. The number of aromatic nitrogens is 4. The molecular weight excluding hydrogens is 384 g/mol. The van der Waals surface area contributed by atoms with Crippen LogP contribution in [0.25, 0.3) is 33.6 Å². The molecule has 29 heavy (non-hydrogen) atoms. The molecule has 0 amide bonds. The number of aryl methyl sites for hydroxylation is 1. The lowest BCUT2D eigenvalue weighted by molar-refractivity contribution is 0.399. The number of pyridine rings is 1. The average molecular weight is 400 g/mol. The molecule has 0 saturated carbocycles. The second kappa shape index (κ2) is 7.52. The van der Waals surface area contributed by atoms with Gasteiger partial charge in [-0.2, -0.15) is 0 Å². The van der Waals surface area contributed by atoms with Gasteiger partial charge in [0.25, 0.3) is 5.89 Å². The quantitative estimate of drug-likeness (QED) is 0.358. The van der Waals surface area contributed by atoms with E-state index in [1.165, 1.54) is 0 Å². The van der Waals surface area contributed by atoms with E-state index in [4.69, 9.17) is 8.94 Å². The lowest BCUT2D eigenvalue weighted by Gasteiger charge is -2.03. The zero-order valence-corrected chi connectivity index (χ0v) is 16.4. The number of rotatable bonds is 5. The summed E-state index contributed by atoms with van der Waals surface area (Å²) in [6.07, 6.45) is 1.82. The van der Waals surface area contributed by atoms with E-state index >= 15 is 0 Å². The minimum Gasteiger partial charge on any atom is -0.420 e. The smallest absolute Gasteiger partial charge is 0.253 e. The Morgan fingerprint density at radius 1 is 0.931 bits per heavy atom. The summed E-state index contributed by atoms with van der Waals surface area (Å²) in [7, 11) is 0. The molecule has 6 nitrogen and oxygen atoms in total. The first-order valence-electron chi connectivity index (χ1n) is 9.10. The van der Waals surface area contributed by atoms with Crippen LogP contribution in [0.5, 0.6) is 0 Å². The van der Waals surface area contributed by atoms with Crippen LogP contribution in [0, 0.1) is 6.92 Å². The Morgan fingerprint density at radius 2 is 1.76 bits per heavy atom. The summed E-state index contributed by atoms with van der Waals surface area (Å²) in [6.45, 7) is 1.84. The summed E-state index contributed by atoms with van der Waals surface area (Å²) in [5, 5.41) is 13.8. The summed E-state index contributed by atoms with van der Waals surface area (Å²) >= 11 is 1.64. The van der Waals surface area contributed by atoms with Crippen LogP contribution in [0.3, 0.4) is 0 Å². The van der Waals surface area contributed by atoms with Gasteiger partial charge in [0, 0.05) is 22.0 Å². The standard InChI is InChI=1S/C22H16N4O2S/c1-14-20(21(26-28-14)15-7-3-2-4-8-15)22-25-24-19(27-22)13-29-18-11-12-23-17-10-6-5-9-16(17)18/h2-12H,13H2,1H3. The molecule has 0 N–H and O–H groups in total. The molecule has 0 aliphatic heterocycles. The van der Waals surface area contributed by atoms with Crippen LogP contribution < -0.4 is 0 Å². The van der Waals surface area contributed by atoms with Crippen molar-refractivity contribution in [1.29, 1.82) is 0 Å². The zero-order chi connectivity index (χ0) is 19.6. The van der Waals surface area contributed by atoms with Crippen LogP contribution in [0.15, 0.2) is 80.7 Å². The topological polar surface area (TPSA) is 77.8 Å². The van der Waals surface area contributed by atoms with E-state index < -0.39 is 0 Å². The van der Waals surface area contributed by atoms with Gasteiger partial charge < -0.3 is 8.94 Å². The Bertz CT molecular complexity index is 1280. The average Bonchev–Trinajstić information content (AvgIpc) is 3.39. The molecule has 0 saturated heterocycles. The van der Waals surface area contributed by atoms with Crippen LogP contribution in [-0.2, 0) is 5.75 Å². The Kier molecular flexibility index (Phi) is 4.57. The fraction of sp³-hybridized carbons (Fsp3) is 0.0909. The third-order valence-electron chi connectivity index (χ3n) is 4.55. The predicted octanol–water partition coefficient (Wildman–Crippen LogP) is 5.54. The van der Waals surface area contributed by atoms with E-state index in [0.29, 0.717) is 29.0 Å². The van der Waals surface area contributed by atoms with E-state index in [1.54, 1.807) is 11.8 Å². The molecule has 3 heterocycles. The zero-order valence-electron chi connectivity index (χ0n) is 15.6. The normalized spacial score (nSPS) is 11.2. The molecule has 2 aromatic carbocycles. The van der Waals surface area contributed by atoms with Gasteiger partial charge in [0.05, 0.1) is 11.3 Å². The molecule has 0 bridgehead atoms. The molecule has 142 valence electrons. The van der Waals surface area contributed by atoms with Crippen LogP contribution >= 0.6 is 11.8 Å². The Labute approximate surface area is 171 Å². The van der Waals surface area contributed by atoms with Crippen molar-refractivity contribution < 1.29 is 8.94 Å². The van der Waals surface area contributed by atoms with Gasteiger partial charge in [-0.3, -0.25) is 4.98 Å². The molecule has 0 spiro atoms. The third kappa shape index (κ3) is 3.40. The maximum absolute atomic E-state index is 5.95. The highest BCUT2D eigenvalue weighted by atomic mass is 32.2. The van der Waals surface area contributed by atoms with Gasteiger partial charge in [-0.1, -0.05) is 53.7 Å². The first-order chi connectivity index (χ1) is 14.3. The number of fused-ring (bicyclic) bond motifs is 1. The molecule has 0 unspecified atom stereocenters. The summed E-state index contributed by atoms with van der Waals surface area (Å²) in [4.78, 5) is 5.53. The van der Waals surface area contributed by atoms with Gasteiger partial charge >= 0.3 is 0 Å². The number of para-hydroxylation sites is 1. The van der Waals surface area contributed by atoms with E-state index in [0.717, 1.165) is 26.9 Å². The monoisotopic (exact) mass is 400 g/mol.